The van der Waals surface area contributed by atoms with Crippen LogP contribution in [0, 0.1) is 5.92 Å². The van der Waals surface area contributed by atoms with Gasteiger partial charge in [-0.2, -0.15) is 0 Å². The Hall–Kier alpha value is -2.14. The molecule has 4 nitrogen and oxygen atoms in total. The molecule has 0 saturated carbocycles. The lowest BCUT2D eigenvalue weighted by Gasteiger charge is -2.11. The maximum Gasteiger partial charge on any atom is 0.222 e. The molecule has 1 heterocycles. The van der Waals surface area contributed by atoms with E-state index in [1.165, 1.54) is 5.56 Å². The van der Waals surface area contributed by atoms with Gasteiger partial charge in [0, 0.05) is 29.9 Å². The third-order valence-corrected chi connectivity index (χ3v) is 4.69. The Bertz CT molecular complexity index is 868. The van der Waals surface area contributed by atoms with E-state index >= 15 is 0 Å². The maximum atomic E-state index is 11.8. The Labute approximate surface area is 156 Å². The Morgan fingerprint density at radius 3 is 2.60 bits per heavy atom. The Morgan fingerprint density at radius 2 is 1.88 bits per heavy atom. The van der Waals surface area contributed by atoms with Gasteiger partial charge in [0.25, 0.3) is 0 Å². The number of rotatable bonds is 6. The molecular formula is C20H22BrN3O. The topological polar surface area (TPSA) is 46.9 Å². The number of para-hydroxylation sites is 2. The number of benzene rings is 2. The van der Waals surface area contributed by atoms with E-state index in [4.69, 9.17) is 4.98 Å². The summed E-state index contributed by atoms with van der Waals surface area (Å²) in [5, 5.41) is 2.98. The molecule has 2 aromatic carbocycles. The van der Waals surface area contributed by atoms with Gasteiger partial charge in [0.15, 0.2) is 0 Å². The number of imidazole rings is 1. The van der Waals surface area contributed by atoms with Crippen LogP contribution >= 0.6 is 15.9 Å². The van der Waals surface area contributed by atoms with E-state index < -0.39 is 0 Å². The van der Waals surface area contributed by atoms with Crippen LogP contribution in [-0.4, -0.2) is 22.0 Å². The molecule has 1 aromatic heterocycles. The number of aromatic nitrogens is 2. The van der Waals surface area contributed by atoms with E-state index in [9.17, 15) is 4.79 Å². The highest BCUT2D eigenvalue weighted by Gasteiger charge is 2.12. The predicted molar refractivity (Wildman–Crippen MR) is 105 cm³/mol. The third kappa shape index (κ3) is 4.28. The molecule has 0 radical (unpaired) electrons. The lowest BCUT2D eigenvalue weighted by Crippen LogP contribution is -2.30. The second-order valence-electron chi connectivity index (χ2n) is 6.43. The fourth-order valence-corrected chi connectivity index (χ4v) is 3.03. The highest BCUT2D eigenvalue weighted by atomic mass is 79.9. The Kier molecular flexibility index (Phi) is 5.53. The summed E-state index contributed by atoms with van der Waals surface area (Å²) >= 11 is 3.48. The van der Waals surface area contributed by atoms with Crippen LogP contribution in [0.3, 0.4) is 0 Å². The molecule has 0 atom stereocenters. The van der Waals surface area contributed by atoms with Crippen LogP contribution in [0.1, 0.15) is 25.2 Å². The number of halogens is 1. The van der Waals surface area contributed by atoms with Crippen LogP contribution in [0.2, 0.25) is 0 Å². The zero-order valence-corrected chi connectivity index (χ0v) is 16.1. The van der Waals surface area contributed by atoms with Gasteiger partial charge >= 0.3 is 0 Å². The van der Waals surface area contributed by atoms with Gasteiger partial charge in [-0.3, -0.25) is 4.79 Å². The molecule has 1 N–H and O–H groups in total. The second-order valence-corrected chi connectivity index (χ2v) is 7.34. The van der Waals surface area contributed by atoms with Gasteiger partial charge in [-0.15, -0.1) is 0 Å². The first-order chi connectivity index (χ1) is 12.0. The SMILES string of the molecule is CC(C)C(=O)NCCc1nc2ccccc2n1Cc1ccc(Br)cc1. The number of hydrogen-bond donors (Lipinski definition) is 1. The quantitative estimate of drug-likeness (QED) is 0.676. The molecule has 0 aliphatic heterocycles. The van der Waals surface area contributed by atoms with Gasteiger partial charge in [0.1, 0.15) is 5.82 Å². The first-order valence-electron chi connectivity index (χ1n) is 8.51. The van der Waals surface area contributed by atoms with E-state index in [2.05, 4.69) is 56.1 Å². The lowest BCUT2D eigenvalue weighted by molar-refractivity contribution is -0.123. The number of nitrogens with one attached hydrogen (secondary N) is 1. The van der Waals surface area contributed by atoms with Crippen molar-refractivity contribution in [3.63, 3.8) is 0 Å². The minimum absolute atomic E-state index is 0.00147. The predicted octanol–water partition coefficient (Wildman–Crippen LogP) is 4.16. The van der Waals surface area contributed by atoms with E-state index in [1.54, 1.807) is 0 Å². The standard InChI is InChI=1S/C20H22BrN3O/c1-14(2)20(25)22-12-11-19-23-17-5-3-4-6-18(17)24(19)13-15-7-9-16(21)10-8-15/h3-10,14H,11-13H2,1-2H3,(H,22,25). The molecule has 0 spiro atoms. The highest BCUT2D eigenvalue weighted by molar-refractivity contribution is 9.10. The summed E-state index contributed by atoms with van der Waals surface area (Å²) in [5.41, 5.74) is 3.33. The largest absolute Gasteiger partial charge is 0.355 e. The fraction of sp³-hybridized carbons (Fsp3) is 0.300. The van der Waals surface area contributed by atoms with Crippen LogP contribution in [0.25, 0.3) is 11.0 Å². The highest BCUT2D eigenvalue weighted by Crippen LogP contribution is 2.19. The van der Waals surface area contributed by atoms with Crippen molar-refractivity contribution in [2.45, 2.75) is 26.8 Å². The van der Waals surface area contributed by atoms with Gasteiger partial charge in [-0.25, -0.2) is 4.98 Å². The first-order valence-corrected chi connectivity index (χ1v) is 9.30. The molecule has 0 saturated heterocycles. The average Bonchev–Trinajstić information content (AvgIpc) is 2.94. The summed E-state index contributed by atoms with van der Waals surface area (Å²) < 4.78 is 3.31. The van der Waals surface area contributed by atoms with Crippen molar-refractivity contribution in [3.05, 3.63) is 64.4 Å². The van der Waals surface area contributed by atoms with Crippen LogP contribution in [0.4, 0.5) is 0 Å². The average molecular weight is 400 g/mol. The second kappa shape index (κ2) is 7.83. The van der Waals surface area contributed by atoms with E-state index in [-0.39, 0.29) is 11.8 Å². The minimum atomic E-state index is 0.00147. The monoisotopic (exact) mass is 399 g/mol. The van der Waals surface area contributed by atoms with Crippen LogP contribution in [0.15, 0.2) is 53.0 Å². The van der Waals surface area contributed by atoms with Crippen molar-refractivity contribution in [1.29, 1.82) is 0 Å². The third-order valence-electron chi connectivity index (χ3n) is 4.16. The Balaban J connectivity index is 1.84. The molecule has 3 aromatic rings. The van der Waals surface area contributed by atoms with E-state index in [0.717, 1.165) is 27.9 Å². The zero-order chi connectivity index (χ0) is 17.8. The van der Waals surface area contributed by atoms with Crippen LogP contribution < -0.4 is 5.32 Å². The number of amides is 1. The maximum absolute atomic E-state index is 11.8. The van der Waals surface area contributed by atoms with Crippen LogP contribution in [-0.2, 0) is 17.8 Å². The normalized spacial score (nSPS) is 11.2. The molecule has 3 rings (SSSR count). The van der Waals surface area contributed by atoms with Gasteiger partial charge in [0.2, 0.25) is 5.91 Å². The number of fused-ring (bicyclic) bond motifs is 1. The van der Waals surface area contributed by atoms with Gasteiger partial charge in [-0.1, -0.05) is 54.0 Å². The summed E-state index contributed by atoms with van der Waals surface area (Å²) in [6.45, 7) is 5.16. The smallest absolute Gasteiger partial charge is 0.222 e. The minimum Gasteiger partial charge on any atom is -0.355 e. The van der Waals surface area contributed by atoms with E-state index in [0.29, 0.717) is 13.0 Å². The molecule has 5 heteroatoms. The first kappa shape index (κ1) is 17.7. The van der Waals surface area contributed by atoms with Gasteiger partial charge in [-0.05, 0) is 29.8 Å². The Morgan fingerprint density at radius 1 is 1.16 bits per heavy atom. The molecular weight excluding hydrogens is 378 g/mol. The van der Waals surface area contributed by atoms with Crippen molar-refractivity contribution in [3.8, 4) is 0 Å². The number of carbonyl (C=O) groups is 1. The van der Waals surface area contributed by atoms with Crippen molar-refractivity contribution in [2.75, 3.05) is 6.54 Å². The number of nitrogens with zero attached hydrogens (tertiary/aromatic N) is 2. The molecule has 0 bridgehead atoms. The molecule has 0 aliphatic rings. The summed E-state index contributed by atoms with van der Waals surface area (Å²) in [4.78, 5) is 16.5. The van der Waals surface area contributed by atoms with Gasteiger partial charge < -0.3 is 9.88 Å². The summed E-state index contributed by atoms with van der Waals surface area (Å²) in [6, 6.07) is 16.5. The lowest BCUT2D eigenvalue weighted by atomic mass is 10.2. The molecule has 25 heavy (non-hydrogen) atoms. The van der Waals surface area contributed by atoms with Crippen molar-refractivity contribution in [2.24, 2.45) is 5.92 Å². The molecule has 0 aliphatic carbocycles. The van der Waals surface area contributed by atoms with Gasteiger partial charge in [0.05, 0.1) is 11.0 Å². The van der Waals surface area contributed by atoms with E-state index in [1.807, 2.05) is 32.0 Å². The number of carbonyl (C=O) groups excluding carboxylic acids is 1. The molecule has 0 unspecified atom stereocenters. The number of hydrogen-bond acceptors (Lipinski definition) is 2. The fourth-order valence-electron chi connectivity index (χ4n) is 2.77. The summed E-state index contributed by atoms with van der Waals surface area (Å²) in [6.07, 6.45) is 0.712. The molecule has 1 amide bonds. The van der Waals surface area contributed by atoms with Crippen molar-refractivity contribution in [1.82, 2.24) is 14.9 Å². The van der Waals surface area contributed by atoms with Crippen molar-refractivity contribution >= 4 is 32.9 Å². The van der Waals surface area contributed by atoms with Crippen molar-refractivity contribution < 1.29 is 4.79 Å². The molecule has 130 valence electrons. The van der Waals surface area contributed by atoms with Crippen LogP contribution in [0.5, 0.6) is 0 Å². The summed E-state index contributed by atoms with van der Waals surface area (Å²) in [7, 11) is 0. The molecule has 0 fully saturated rings. The zero-order valence-electron chi connectivity index (χ0n) is 14.5. The summed E-state index contributed by atoms with van der Waals surface area (Å²) in [5.74, 6) is 1.07.